The van der Waals surface area contributed by atoms with Crippen molar-refractivity contribution < 1.29 is 4.74 Å². The molecule has 1 N–H and O–H groups in total. The van der Waals surface area contributed by atoms with Crippen molar-refractivity contribution in [1.82, 2.24) is 10.2 Å². The molecule has 0 unspecified atom stereocenters. The van der Waals surface area contributed by atoms with Gasteiger partial charge in [0.25, 0.3) is 0 Å². The third-order valence-electron chi connectivity index (χ3n) is 5.52. The smallest absolute Gasteiger partial charge is 0.119 e. The maximum Gasteiger partial charge on any atom is 0.119 e. The summed E-state index contributed by atoms with van der Waals surface area (Å²) in [6, 6.07) is 19.1. The van der Waals surface area contributed by atoms with Crippen LogP contribution in [0.3, 0.4) is 0 Å². The summed E-state index contributed by atoms with van der Waals surface area (Å²) in [4.78, 5) is 2.53. The number of fused-ring (bicyclic) bond motifs is 2. The molecule has 2 aromatic rings. The van der Waals surface area contributed by atoms with Gasteiger partial charge in [0.2, 0.25) is 0 Å². The molecule has 0 aliphatic carbocycles. The van der Waals surface area contributed by atoms with Crippen LogP contribution in [-0.2, 0) is 12.0 Å². The number of benzene rings is 2. The number of ether oxygens (including phenoxy) is 1. The third kappa shape index (κ3) is 3.19. The number of piperidine rings is 1. The van der Waals surface area contributed by atoms with Gasteiger partial charge >= 0.3 is 0 Å². The summed E-state index contributed by atoms with van der Waals surface area (Å²) < 4.78 is 5.84. The number of nitrogens with one attached hydrogen (secondary N) is 1. The number of nitrogens with zero attached hydrogens (tertiary/aromatic N) is 1. The van der Waals surface area contributed by atoms with Crippen molar-refractivity contribution in [2.75, 3.05) is 32.8 Å². The molecule has 0 amide bonds. The summed E-state index contributed by atoms with van der Waals surface area (Å²) in [6.45, 7) is 5.15. The molecular weight excluding hydrogens is 296 g/mol. The molecule has 3 heteroatoms. The summed E-state index contributed by atoms with van der Waals surface area (Å²) in [5.74, 6) is 0.967. The molecule has 2 aliphatic rings. The second-order valence-electron chi connectivity index (χ2n) is 6.92. The highest BCUT2D eigenvalue weighted by molar-refractivity contribution is 5.37. The second-order valence-corrected chi connectivity index (χ2v) is 6.92. The first-order chi connectivity index (χ1) is 11.9. The molecule has 24 heavy (non-hydrogen) atoms. The van der Waals surface area contributed by atoms with Crippen LogP contribution in [0.15, 0.2) is 54.6 Å². The van der Waals surface area contributed by atoms with E-state index < -0.39 is 0 Å². The molecule has 126 valence electrons. The summed E-state index contributed by atoms with van der Waals surface area (Å²) in [5, 5.41) is 3.84. The van der Waals surface area contributed by atoms with Crippen LogP contribution in [0.25, 0.3) is 0 Å². The summed E-state index contributed by atoms with van der Waals surface area (Å²) >= 11 is 0. The Hall–Kier alpha value is -1.84. The van der Waals surface area contributed by atoms with Gasteiger partial charge in [-0.25, -0.2) is 0 Å². The number of likely N-dealkylation sites (tertiary alicyclic amines) is 1. The molecule has 0 saturated carbocycles. The second kappa shape index (κ2) is 6.96. The quantitative estimate of drug-likeness (QED) is 0.935. The fourth-order valence-corrected chi connectivity index (χ4v) is 4.15. The lowest BCUT2D eigenvalue weighted by atomic mass is 9.76. The van der Waals surface area contributed by atoms with Crippen LogP contribution in [0.5, 0.6) is 5.75 Å². The average Bonchev–Trinajstić information content (AvgIpc) is 2.65. The van der Waals surface area contributed by atoms with Gasteiger partial charge in [0.15, 0.2) is 0 Å². The van der Waals surface area contributed by atoms with E-state index in [1.165, 1.54) is 24.0 Å². The maximum atomic E-state index is 5.84. The molecule has 3 nitrogen and oxygen atoms in total. The molecular formula is C21H26N2O. The van der Waals surface area contributed by atoms with Crippen molar-refractivity contribution in [3.8, 4) is 5.75 Å². The normalized spacial score (nSPS) is 19.8. The fraction of sp³-hybridized carbons (Fsp3) is 0.429. The van der Waals surface area contributed by atoms with Crippen molar-refractivity contribution in [3.63, 3.8) is 0 Å². The van der Waals surface area contributed by atoms with E-state index in [1.807, 2.05) is 30.3 Å². The van der Waals surface area contributed by atoms with E-state index in [1.54, 1.807) is 0 Å². The lowest BCUT2D eigenvalue weighted by molar-refractivity contribution is 0.114. The topological polar surface area (TPSA) is 24.5 Å². The Morgan fingerprint density at radius 3 is 2.54 bits per heavy atom. The van der Waals surface area contributed by atoms with E-state index >= 15 is 0 Å². The molecule has 0 atom stereocenters. The first-order valence-electron chi connectivity index (χ1n) is 9.09. The van der Waals surface area contributed by atoms with E-state index in [9.17, 15) is 0 Å². The van der Waals surface area contributed by atoms with Gasteiger partial charge in [-0.1, -0.05) is 42.5 Å². The Balaban J connectivity index is 1.33. The predicted octanol–water partition coefficient (Wildman–Crippen LogP) is 3.20. The molecule has 2 heterocycles. The molecule has 2 aromatic carbocycles. The minimum atomic E-state index is 0.200. The average molecular weight is 322 g/mol. The van der Waals surface area contributed by atoms with Gasteiger partial charge in [0.05, 0.1) is 0 Å². The van der Waals surface area contributed by atoms with Crippen LogP contribution < -0.4 is 10.1 Å². The van der Waals surface area contributed by atoms with Gasteiger partial charge < -0.3 is 10.1 Å². The van der Waals surface area contributed by atoms with Gasteiger partial charge in [0, 0.05) is 31.7 Å². The van der Waals surface area contributed by atoms with Crippen LogP contribution in [0, 0.1) is 0 Å². The van der Waals surface area contributed by atoms with E-state index in [2.05, 4.69) is 34.5 Å². The van der Waals surface area contributed by atoms with Crippen LogP contribution in [0.1, 0.15) is 24.0 Å². The van der Waals surface area contributed by atoms with Gasteiger partial charge in [-0.05, 0) is 42.5 Å². The van der Waals surface area contributed by atoms with Crippen LogP contribution >= 0.6 is 0 Å². The van der Waals surface area contributed by atoms with E-state index in [-0.39, 0.29) is 5.54 Å². The van der Waals surface area contributed by atoms with E-state index in [4.69, 9.17) is 4.74 Å². The van der Waals surface area contributed by atoms with Crippen LogP contribution in [-0.4, -0.2) is 37.7 Å². The first-order valence-corrected chi connectivity index (χ1v) is 9.09. The lowest BCUT2D eigenvalue weighted by Crippen LogP contribution is -2.54. The van der Waals surface area contributed by atoms with Crippen molar-refractivity contribution >= 4 is 0 Å². The molecule has 0 aromatic heterocycles. The Morgan fingerprint density at radius 1 is 0.958 bits per heavy atom. The zero-order chi connectivity index (χ0) is 16.2. The van der Waals surface area contributed by atoms with Gasteiger partial charge in [-0.15, -0.1) is 0 Å². The van der Waals surface area contributed by atoms with Gasteiger partial charge in [-0.2, -0.15) is 0 Å². The minimum Gasteiger partial charge on any atom is -0.492 e. The fourth-order valence-electron chi connectivity index (χ4n) is 4.15. The molecule has 1 fully saturated rings. The van der Waals surface area contributed by atoms with Crippen LogP contribution in [0.2, 0.25) is 0 Å². The van der Waals surface area contributed by atoms with Gasteiger partial charge in [0.1, 0.15) is 12.4 Å². The maximum absolute atomic E-state index is 5.84. The number of hydrogen-bond acceptors (Lipinski definition) is 3. The molecule has 1 spiro atoms. The van der Waals surface area contributed by atoms with E-state index in [0.29, 0.717) is 0 Å². The van der Waals surface area contributed by atoms with Crippen LogP contribution in [0.4, 0.5) is 0 Å². The first kappa shape index (κ1) is 15.7. The highest BCUT2D eigenvalue weighted by Gasteiger charge is 2.38. The van der Waals surface area contributed by atoms with Crippen molar-refractivity contribution in [3.05, 3.63) is 65.7 Å². The Kier molecular flexibility index (Phi) is 4.54. The minimum absolute atomic E-state index is 0.200. The number of hydrogen-bond donors (Lipinski definition) is 1. The largest absolute Gasteiger partial charge is 0.492 e. The molecule has 1 saturated heterocycles. The van der Waals surface area contributed by atoms with E-state index in [0.717, 1.165) is 45.0 Å². The van der Waals surface area contributed by atoms with Gasteiger partial charge in [-0.3, -0.25) is 4.90 Å². The zero-order valence-corrected chi connectivity index (χ0v) is 14.2. The highest BCUT2D eigenvalue weighted by Crippen LogP contribution is 2.37. The summed E-state index contributed by atoms with van der Waals surface area (Å²) in [6.07, 6.45) is 3.54. The monoisotopic (exact) mass is 322 g/mol. The Bertz CT molecular complexity index is 663. The molecule has 0 bridgehead atoms. The summed E-state index contributed by atoms with van der Waals surface area (Å²) in [7, 11) is 0. The molecule has 2 aliphatic heterocycles. The standard InChI is InChI=1S/C21H26N2O/c1-2-7-19(8-3-1)24-17-16-23-14-11-21(12-15-23)20-9-5-4-6-18(20)10-13-22-21/h1-9,22H,10-17H2. The number of rotatable bonds is 4. The highest BCUT2D eigenvalue weighted by atomic mass is 16.5. The lowest BCUT2D eigenvalue weighted by Gasteiger charge is -2.46. The van der Waals surface area contributed by atoms with Crippen molar-refractivity contribution in [2.24, 2.45) is 0 Å². The number of para-hydroxylation sites is 1. The van der Waals surface area contributed by atoms with Crippen molar-refractivity contribution in [2.45, 2.75) is 24.8 Å². The molecule has 0 radical (unpaired) electrons. The SMILES string of the molecule is c1ccc(OCCN2CCC3(CC2)NCCc2ccccc23)cc1. The zero-order valence-electron chi connectivity index (χ0n) is 14.2. The van der Waals surface area contributed by atoms with Crippen molar-refractivity contribution in [1.29, 1.82) is 0 Å². The summed E-state index contributed by atoms with van der Waals surface area (Å²) in [5.41, 5.74) is 3.28. The predicted molar refractivity (Wildman–Crippen MR) is 97.4 cm³/mol. The Labute approximate surface area is 144 Å². The third-order valence-corrected chi connectivity index (χ3v) is 5.52. The Morgan fingerprint density at radius 2 is 1.71 bits per heavy atom. The molecule has 4 rings (SSSR count).